The number of rotatable bonds is 4. The van der Waals surface area contributed by atoms with Crippen molar-refractivity contribution in [3.8, 4) is 5.75 Å². The predicted molar refractivity (Wildman–Crippen MR) is 121 cm³/mol. The highest BCUT2D eigenvalue weighted by molar-refractivity contribution is 7.16. The third-order valence-corrected chi connectivity index (χ3v) is 6.50. The van der Waals surface area contributed by atoms with Crippen LogP contribution in [0, 0.1) is 13.8 Å². The summed E-state index contributed by atoms with van der Waals surface area (Å²) >= 11 is 7.53. The molecular weight excluding hydrogens is 436 g/mol. The number of amides is 1. The lowest BCUT2D eigenvalue weighted by molar-refractivity contribution is -0.132. The van der Waals surface area contributed by atoms with Crippen LogP contribution < -0.4 is 9.64 Å². The SMILES string of the molecule is COc1ccc(C(O)=C2C(=O)C(=O)N(c3nc(C)c(C)s3)C2c2cccc(Cl)c2)cc1. The number of benzene rings is 2. The number of nitrogens with zero attached hydrogens (tertiary/aromatic N) is 2. The number of carbonyl (C=O) groups is 2. The van der Waals surface area contributed by atoms with Gasteiger partial charge in [-0.3, -0.25) is 14.5 Å². The lowest BCUT2D eigenvalue weighted by atomic mass is 9.95. The fourth-order valence-corrected chi connectivity index (χ4v) is 4.62. The van der Waals surface area contributed by atoms with Crippen LogP contribution in [0.2, 0.25) is 5.02 Å². The zero-order valence-corrected chi connectivity index (χ0v) is 18.6. The van der Waals surface area contributed by atoms with Gasteiger partial charge in [-0.25, -0.2) is 4.98 Å². The molecule has 1 atom stereocenters. The van der Waals surface area contributed by atoms with Gasteiger partial charge in [0.2, 0.25) is 0 Å². The van der Waals surface area contributed by atoms with Crippen molar-refractivity contribution in [2.45, 2.75) is 19.9 Å². The average Bonchev–Trinajstić information content (AvgIpc) is 3.23. The van der Waals surface area contributed by atoms with E-state index >= 15 is 0 Å². The quantitative estimate of drug-likeness (QED) is 0.339. The van der Waals surface area contributed by atoms with E-state index < -0.39 is 17.7 Å². The maximum atomic E-state index is 13.1. The molecule has 0 bridgehead atoms. The van der Waals surface area contributed by atoms with Gasteiger partial charge in [0, 0.05) is 15.5 Å². The van der Waals surface area contributed by atoms with E-state index in [1.54, 1.807) is 48.5 Å². The molecule has 1 amide bonds. The standard InChI is InChI=1S/C23H19ClN2O4S/c1-12-13(2)31-23(25-12)26-19(15-5-4-6-16(24)11-15)18(21(28)22(26)29)20(27)14-7-9-17(30-3)10-8-14/h4-11,19,27H,1-3H3. The minimum atomic E-state index is -0.856. The number of halogens is 1. The Labute approximate surface area is 188 Å². The van der Waals surface area contributed by atoms with Gasteiger partial charge in [-0.1, -0.05) is 23.7 Å². The van der Waals surface area contributed by atoms with Gasteiger partial charge in [-0.05, 0) is 55.8 Å². The topological polar surface area (TPSA) is 79.7 Å². The molecule has 0 saturated carbocycles. The highest BCUT2D eigenvalue weighted by atomic mass is 35.5. The predicted octanol–water partition coefficient (Wildman–Crippen LogP) is 5.05. The summed E-state index contributed by atoms with van der Waals surface area (Å²) in [5.41, 5.74) is 1.77. The van der Waals surface area contributed by atoms with Crippen molar-refractivity contribution in [3.05, 3.63) is 80.8 Å². The lowest BCUT2D eigenvalue weighted by Gasteiger charge is -2.23. The molecule has 31 heavy (non-hydrogen) atoms. The van der Waals surface area contributed by atoms with E-state index in [9.17, 15) is 14.7 Å². The number of hydrogen-bond donors (Lipinski definition) is 1. The number of carbonyl (C=O) groups excluding carboxylic acids is 2. The number of aryl methyl sites for hydroxylation is 2. The summed E-state index contributed by atoms with van der Waals surface area (Å²) in [5.74, 6) is -1.17. The Kier molecular flexibility index (Phi) is 5.56. The van der Waals surface area contributed by atoms with Gasteiger partial charge >= 0.3 is 5.91 Å². The van der Waals surface area contributed by atoms with Gasteiger partial charge < -0.3 is 9.84 Å². The van der Waals surface area contributed by atoms with E-state index in [0.29, 0.717) is 27.0 Å². The van der Waals surface area contributed by atoms with Crippen LogP contribution in [0.5, 0.6) is 5.75 Å². The number of ether oxygens (including phenoxy) is 1. The van der Waals surface area contributed by atoms with Crippen LogP contribution in [0.1, 0.15) is 27.7 Å². The maximum Gasteiger partial charge on any atom is 0.301 e. The largest absolute Gasteiger partial charge is 0.507 e. The summed E-state index contributed by atoms with van der Waals surface area (Å²) in [6.07, 6.45) is 0. The summed E-state index contributed by atoms with van der Waals surface area (Å²) in [5, 5.41) is 11.9. The summed E-state index contributed by atoms with van der Waals surface area (Å²) < 4.78 is 5.16. The molecule has 1 fully saturated rings. The minimum Gasteiger partial charge on any atom is -0.507 e. The minimum absolute atomic E-state index is 0.0112. The Morgan fingerprint density at radius 3 is 2.45 bits per heavy atom. The van der Waals surface area contributed by atoms with Gasteiger partial charge in [-0.2, -0.15) is 0 Å². The van der Waals surface area contributed by atoms with Crippen LogP contribution in [0.25, 0.3) is 5.76 Å². The number of methoxy groups -OCH3 is 1. The molecule has 1 saturated heterocycles. The van der Waals surface area contributed by atoms with E-state index in [-0.39, 0.29) is 11.3 Å². The molecule has 0 aliphatic carbocycles. The molecule has 6 nitrogen and oxygen atoms in total. The first-order chi connectivity index (χ1) is 14.8. The number of aromatic nitrogens is 1. The Morgan fingerprint density at radius 1 is 1.16 bits per heavy atom. The van der Waals surface area contributed by atoms with E-state index in [2.05, 4.69) is 4.98 Å². The summed E-state index contributed by atoms with van der Waals surface area (Å²) in [7, 11) is 1.54. The molecule has 1 unspecified atom stereocenters. The Hall–Kier alpha value is -3.16. The number of ketones is 1. The van der Waals surface area contributed by atoms with Gasteiger partial charge in [0.05, 0.1) is 24.4 Å². The summed E-state index contributed by atoms with van der Waals surface area (Å²) in [6, 6.07) is 12.7. The molecule has 4 rings (SSSR count). The molecule has 0 radical (unpaired) electrons. The number of thiazole rings is 1. The van der Waals surface area contributed by atoms with Crippen LogP contribution in [0.4, 0.5) is 5.13 Å². The smallest absolute Gasteiger partial charge is 0.301 e. The van der Waals surface area contributed by atoms with Crippen molar-refractivity contribution in [2.75, 3.05) is 12.0 Å². The Balaban J connectivity index is 1.93. The van der Waals surface area contributed by atoms with Crippen molar-refractivity contribution in [1.82, 2.24) is 4.98 Å². The molecule has 3 aromatic rings. The van der Waals surface area contributed by atoms with Gasteiger partial charge in [0.15, 0.2) is 5.13 Å². The number of aliphatic hydroxyl groups is 1. The van der Waals surface area contributed by atoms with Gasteiger partial charge in [0.1, 0.15) is 11.5 Å². The monoisotopic (exact) mass is 454 g/mol. The van der Waals surface area contributed by atoms with Gasteiger partial charge in [0.25, 0.3) is 5.78 Å². The Bertz CT molecular complexity index is 1200. The highest BCUT2D eigenvalue weighted by Gasteiger charge is 2.48. The van der Waals surface area contributed by atoms with Crippen LogP contribution in [-0.4, -0.2) is 28.9 Å². The summed E-state index contributed by atoms with van der Waals surface area (Å²) in [6.45, 7) is 3.75. The summed E-state index contributed by atoms with van der Waals surface area (Å²) in [4.78, 5) is 32.9. The first-order valence-electron chi connectivity index (χ1n) is 9.46. The van der Waals surface area contributed by atoms with Gasteiger partial charge in [-0.15, -0.1) is 11.3 Å². The number of hydrogen-bond acceptors (Lipinski definition) is 6. The normalized spacial score (nSPS) is 17.9. The molecule has 2 heterocycles. The first-order valence-corrected chi connectivity index (χ1v) is 10.7. The van der Waals surface area contributed by atoms with Crippen LogP contribution >= 0.6 is 22.9 Å². The number of anilines is 1. The molecule has 1 N–H and O–H groups in total. The van der Waals surface area contributed by atoms with E-state index in [1.807, 2.05) is 13.8 Å². The molecule has 1 aliphatic rings. The molecule has 1 aliphatic heterocycles. The average molecular weight is 455 g/mol. The molecule has 8 heteroatoms. The fraction of sp³-hybridized carbons (Fsp3) is 0.174. The first kappa shape index (κ1) is 21.1. The lowest BCUT2D eigenvalue weighted by Crippen LogP contribution is -2.29. The second-order valence-electron chi connectivity index (χ2n) is 7.09. The number of Topliss-reactive ketones (excluding diaryl/α,β-unsaturated/α-hetero) is 1. The second kappa shape index (κ2) is 8.17. The van der Waals surface area contributed by atoms with Crippen molar-refractivity contribution in [2.24, 2.45) is 0 Å². The number of aliphatic hydroxyl groups excluding tert-OH is 1. The second-order valence-corrected chi connectivity index (χ2v) is 8.71. The zero-order valence-electron chi connectivity index (χ0n) is 17.0. The molecule has 2 aromatic carbocycles. The molecule has 158 valence electrons. The van der Waals surface area contributed by atoms with Crippen LogP contribution in [-0.2, 0) is 9.59 Å². The third-order valence-electron chi connectivity index (χ3n) is 5.20. The zero-order chi connectivity index (χ0) is 22.3. The van der Waals surface area contributed by atoms with Crippen molar-refractivity contribution in [1.29, 1.82) is 0 Å². The highest BCUT2D eigenvalue weighted by Crippen LogP contribution is 2.44. The van der Waals surface area contributed by atoms with Crippen molar-refractivity contribution < 1.29 is 19.4 Å². The maximum absolute atomic E-state index is 13.1. The van der Waals surface area contributed by atoms with Crippen molar-refractivity contribution >= 4 is 45.5 Å². The van der Waals surface area contributed by atoms with Crippen LogP contribution in [0.3, 0.4) is 0 Å². The molecular formula is C23H19ClN2O4S. The van der Waals surface area contributed by atoms with E-state index in [4.69, 9.17) is 16.3 Å². The fourth-order valence-electron chi connectivity index (χ4n) is 3.49. The Morgan fingerprint density at radius 2 is 1.87 bits per heavy atom. The molecule has 1 aromatic heterocycles. The molecule has 0 spiro atoms. The van der Waals surface area contributed by atoms with E-state index in [1.165, 1.54) is 23.3 Å². The van der Waals surface area contributed by atoms with Crippen LogP contribution in [0.15, 0.2) is 54.1 Å². The van der Waals surface area contributed by atoms with Crippen molar-refractivity contribution in [3.63, 3.8) is 0 Å². The van der Waals surface area contributed by atoms with E-state index in [0.717, 1.165) is 10.6 Å². The third kappa shape index (κ3) is 3.71.